The minimum atomic E-state index is -1.55. The van der Waals surface area contributed by atoms with Crippen molar-refractivity contribution in [1.82, 2.24) is 10.6 Å². The van der Waals surface area contributed by atoms with Gasteiger partial charge >= 0.3 is 12.1 Å². The van der Waals surface area contributed by atoms with Gasteiger partial charge in [-0.25, -0.2) is 9.59 Å². The first-order chi connectivity index (χ1) is 14.0. The van der Waals surface area contributed by atoms with Crippen LogP contribution >= 0.6 is 0 Å². The zero-order valence-electron chi connectivity index (χ0n) is 16.0. The number of hydrogen-bond acceptors (Lipinski definition) is 6. The molecule has 2 amide bonds. The molecule has 2 rings (SSSR count). The summed E-state index contributed by atoms with van der Waals surface area (Å²) in [5, 5.41) is 15.1. The first-order valence-corrected chi connectivity index (χ1v) is 9.03. The number of benzene rings is 2. The molecule has 8 heteroatoms. The van der Waals surface area contributed by atoms with Gasteiger partial charge in [-0.15, -0.1) is 0 Å². The normalized spacial score (nSPS) is 12.3. The van der Waals surface area contributed by atoms with Gasteiger partial charge in [-0.3, -0.25) is 4.79 Å². The summed E-state index contributed by atoms with van der Waals surface area (Å²) in [6.07, 6.45) is -2.09. The Morgan fingerprint density at radius 1 is 0.966 bits per heavy atom. The summed E-state index contributed by atoms with van der Waals surface area (Å²) in [7, 11) is 1.15. The maximum atomic E-state index is 12.2. The highest BCUT2D eigenvalue weighted by atomic mass is 16.5. The molecule has 0 saturated carbocycles. The van der Waals surface area contributed by atoms with Crippen LogP contribution in [0.15, 0.2) is 60.7 Å². The van der Waals surface area contributed by atoms with Crippen LogP contribution in [0.5, 0.6) is 0 Å². The molecule has 0 bridgehead atoms. The molecule has 0 aliphatic heterocycles. The molecule has 2 aromatic carbocycles. The van der Waals surface area contributed by atoms with Crippen LogP contribution in [-0.4, -0.2) is 48.9 Å². The molecule has 0 radical (unpaired) electrons. The molecular formula is C21H24N2O6. The third-order valence-electron chi connectivity index (χ3n) is 4.07. The Kier molecular flexibility index (Phi) is 8.65. The monoisotopic (exact) mass is 400 g/mol. The fourth-order valence-corrected chi connectivity index (χ4v) is 2.58. The third-order valence-corrected chi connectivity index (χ3v) is 4.07. The van der Waals surface area contributed by atoms with E-state index >= 15 is 0 Å². The number of ether oxygens (including phenoxy) is 2. The van der Waals surface area contributed by atoms with Crippen molar-refractivity contribution in [3.63, 3.8) is 0 Å². The van der Waals surface area contributed by atoms with Crippen molar-refractivity contribution in [2.45, 2.75) is 25.2 Å². The first-order valence-electron chi connectivity index (χ1n) is 9.03. The molecule has 0 heterocycles. The number of rotatable bonds is 9. The van der Waals surface area contributed by atoms with Crippen LogP contribution in [0.4, 0.5) is 4.79 Å². The van der Waals surface area contributed by atoms with Crippen LogP contribution in [0.1, 0.15) is 11.1 Å². The van der Waals surface area contributed by atoms with E-state index in [0.29, 0.717) is 0 Å². The number of alkyl carbamates (subject to hydrolysis) is 1. The fraction of sp³-hybridized carbons (Fsp3) is 0.286. The maximum Gasteiger partial charge on any atom is 0.407 e. The van der Waals surface area contributed by atoms with Crippen LogP contribution in [0, 0.1) is 0 Å². The summed E-state index contributed by atoms with van der Waals surface area (Å²) in [4.78, 5) is 35.6. The highest BCUT2D eigenvalue weighted by Crippen LogP contribution is 2.08. The molecule has 0 aromatic heterocycles. The Bertz CT molecular complexity index is 797. The number of aliphatic hydroxyl groups excluding tert-OH is 1. The number of nitrogens with one attached hydrogen (secondary N) is 2. The summed E-state index contributed by atoms with van der Waals surface area (Å²) in [6.45, 7) is -0.293. The molecule has 2 aromatic rings. The highest BCUT2D eigenvalue weighted by Gasteiger charge is 2.28. The van der Waals surface area contributed by atoms with Gasteiger partial charge < -0.3 is 25.2 Å². The molecule has 0 fully saturated rings. The van der Waals surface area contributed by atoms with E-state index < -0.39 is 30.1 Å². The molecule has 0 aliphatic carbocycles. The van der Waals surface area contributed by atoms with Crippen LogP contribution in [-0.2, 0) is 32.1 Å². The van der Waals surface area contributed by atoms with E-state index in [0.717, 1.165) is 18.2 Å². The summed E-state index contributed by atoms with van der Waals surface area (Å²) in [6, 6.07) is 17.3. The van der Waals surface area contributed by atoms with E-state index in [4.69, 9.17) is 4.74 Å². The second-order valence-electron chi connectivity index (χ2n) is 6.25. The van der Waals surface area contributed by atoms with E-state index in [1.807, 2.05) is 60.7 Å². The molecule has 0 saturated heterocycles. The van der Waals surface area contributed by atoms with Gasteiger partial charge in [0.1, 0.15) is 13.2 Å². The number of hydrogen-bond donors (Lipinski definition) is 3. The molecular weight excluding hydrogens is 376 g/mol. The molecule has 154 valence electrons. The van der Waals surface area contributed by atoms with Gasteiger partial charge in [-0.05, 0) is 17.5 Å². The summed E-state index contributed by atoms with van der Waals surface area (Å²) in [5.41, 5.74) is 1.63. The standard InChI is InChI=1S/C21H24N2O6/c1-28-20(26)19(25)17(12-15-8-4-2-5-9-15)23-18(24)13-22-21(27)29-14-16-10-6-3-7-11-16/h2-11,17,19,25H,12-14H2,1H3,(H,22,27)(H,23,24)/t17-,19+/m0/s1. The molecule has 0 spiro atoms. The van der Waals surface area contributed by atoms with Crippen molar-refractivity contribution in [1.29, 1.82) is 0 Å². The number of aliphatic hydroxyl groups is 1. The van der Waals surface area contributed by atoms with Crippen molar-refractivity contribution in [2.75, 3.05) is 13.7 Å². The Morgan fingerprint density at radius 3 is 2.14 bits per heavy atom. The number of esters is 1. The van der Waals surface area contributed by atoms with Crippen molar-refractivity contribution in [2.24, 2.45) is 0 Å². The van der Waals surface area contributed by atoms with Crippen LogP contribution in [0.25, 0.3) is 0 Å². The number of amides is 2. The van der Waals surface area contributed by atoms with Crippen molar-refractivity contribution >= 4 is 18.0 Å². The molecule has 8 nitrogen and oxygen atoms in total. The van der Waals surface area contributed by atoms with Crippen LogP contribution in [0.2, 0.25) is 0 Å². The van der Waals surface area contributed by atoms with Crippen molar-refractivity contribution < 1.29 is 29.0 Å². The van der Waals surface area contributed by atoms with E-state index in [9.17, 15) is 19.5 Å². The number of carbonyl (C=O) groups excluding carboxylic acids is 3. The largest absolute Gasteiger partial charge is 0.467 e. The lowest BCUT2D eigenvalue weighted by atomic mass is 10.0. The maximum absolute atomic E-state index is 12.2. The quantitative estimate of drug-likeness (QED) is 0.545. The lowest BCUT2D eigenvalue weighted by Crippen LogP contribution is -2.51. The summed E-state index contributed by atoms with van der Waals surface area (Å²) in [5.74, 6) is -1.44. The van der Waals surface area contributed by atoms with Gasteiger partial charge in [-0.2, -0.15) is 0 Å². The van der Waals surface area contributed by atoms with Gasteiger partial charge in [0.2, 0.25) is 5.91 Å². The minimum Gasteiger partial charge on any atom is -0.467 e. The fourth-order valence-electron chi connectivity index (χ4n) is 2.58. The molecule has 0 aliphatic rings. The lowest BCUT2D eigenvalue weighted by molar-refractivity contribution is -0.152. The zero-order valence-corrected chi connectivity index (χ0v) is 16.0. The summed E-state index contributed by atoms with van der Waals surface area (Å²) < 4.78 is 9.58. The first kappa shape index (κ1) is 21.9. The molecule has 0 unspecified atom stereocenters. The predicted octanol–water partition coefficient (Wildman–Crippen LogP) is 1.17. The van der Waals surface area contributed by atoms with Crippen LogP contribution in [0.3, 0.4) is 0 Å². The zero-order chi connectivity index (χ0) is 21.1. The van der Waals surface area contributed by atoms with Crippen molar-refractivity contribution in [3.05, 3.63) is 71.8 Å². The molecule has 2 atom stereocenters. The Hall–Kier alpha value is -3.39. The van der Waals surface area contributed by atoms with Gasteiger partial charge in [-0.1, -0.05) is 60.7 Å². The number of methoxy groups -OCH3 is 1. The van der Waals surface area contributed by atoms with Crippen molar-refractivity contribution in [3.8, 4) is 0 Å². The molecule has 29 heavy (non-hydrogen) atoms. The third kappa shape index (κ3) is 7.63. The van der Waals surface area contributed by atoms with E-state index in [-0.39, 0.29) is 19.6 Å². The smallest absolute Gasteiger partial charge is 0.407 e. The van der Waals surface area contributed by atoms with Gasteiger partial charge in [0.15, 0.2) is 6.10 Å². The van der Waals surface area contributed by atoms with E-state index in [2.05, 4.69) is 15.4 Å². The van der Waals surface area contributed by atoms with Gasteiger partial charge in [0.25, 0.3) is 0 Å². The number of carbonyl (C=O) groups is 3. The van der Waals surface area contributed by atoms with Gasteiger partial charge in [0, 0.05) is 0 Å². The molecule has 3 N–H and O–H groups in total. The second-order valence-corrected chi connectivity index (χ2v) is 6.25. The van der Waals surface area contributed by atoms with Gasteiger partial charge in [0.05, 0.1) is 13.2 Å². The Balaban J connectivity index is 1.86. The second kappa shape index (κ2) is 11.5. The van der Waals surface area contributed by atoms with E-state index in [1.54, 1.807) is 0 Å². The highest BCUT2D eigenvalue weighted by molar-refractivity contribution is 5.83. The Morgan fingerprint density at radius 2 is 1.55 bits per heavy atom. The topological polar surface area (TPSA) is 114 Å². The van der Waals surface area contributed by atoms with E-state index in [1.165, 1.54) is 0 Å². The predicted molar refractivity (Wildman–Crippen MR) is 105 cm³/mol. The average molecular weight is 400 g/mol. The SMILES string of the molecule is COC(=O)[C@H](O)[C@H](Cc1ccccc1)NC(=O)CNC(=O)OCc1ccccc1. The van der Waals surface area contributed by atoms with Crippen LogP contribution < -0.4 is 10.6 Å². The average Bonchev–Trinajstić information content (AvgIpc) is 2.76. The lowest BCUT2D eigenvalue weighted by Gasteiger charge is -2.22. The summed E-state index contributed by atoms with van der Waals surface area (Å²) >= 11 is 0. The minimum absolute atomic E-state index is 0.0754. The Labute approximate surface area is 168 Å².